The normalized spacial score (nSPS) is 10.2. The minimum atomic E-state index is -0.319. The van der Waals surface area contributed by atoms with Crippen LogP contribution in [0.1, 0.15) is 10.4 Å². The number of aromatic hydroxyl groups is 1. The average Bonchev–Trinajstić information content (AvgIpc) is 2.91. The zero-order valence-corrected chi connectivity index (χ0v) is 10.5. The van der Waals surface area contributed by atoms with Gasteiger partial charge in [-0.15, -0.1) is 0 Å². The Morgan fingerprint density at radius 3 is 3.00 bits per heavy atom. The number of nitrogens with one attached hydrogen (secondary N) is 1. The quantitative estimate of drug-likeness (QED) is 0.842. The first-order chi connectivity index (χ1) is 9.20. The second-order valence-corrected chi connectivity index (χ2v) is 3.94. The Morgan fingerprint density at radius 2 is 2.37 bits per heavy atom. The number of nitrogens with zero attached hydrogens (tertiary/aromatic N) is 2. The lowest BCUT2D eigenvalue weighted by atomic mass is 10.2. The topological polar surface area (TPSA) is 76.4 Å². The average molecular weight is 261 g/mol. The summed E-state index contributed by atoms with van der Waals surface area (Å²) in [6.45, 7) is 1.09. The van der Waals surface area contributed by atoms with Crippen molar-refractivity contribution in [2.75, 3.05) is 13.7 Å². The molecule has 0 aliphatic carbocycles. The van der Waals surface area contributed by atoms with Crippen LogP contribution in [0.2, 0.25) is 0 Å². The number of phenols is 1. The third-order valence-corrected chi connectivity index (χ3v) is 2.66. The second kappa shape index (κ2) is 5.90. The van der Waals surface area contributed by atoms with Crippen molar-refractivity contribution in [3.63, 3.8) is 0 Å². The first-order valence-electron chi connectivity index (χ1n) is 5.81. The molecule has 6 heteroatoms. The first-order valence-corrected chi connectivity index (χ1v) is 5.81. The molecule has 0 bridgehead atoms. The molecule has 2 rings (SSSR count). The maximum Gasteiger partial charge on any atom is 0.255 e. The molecule has 0 unspecified atom stereocenters. The van der Waals surface area contributed by atoms with Crippen LogP contribution in [0.25, 0.3) is 0 Å². The van der Waals surface area contributed by atoms with Crippen LogP contribution < -0.4 is 10.1 Å². The summed E-state index contributed by atoms with van der Waals surface area (Å²) in [6.07, 6.45) is 5.17. The lowest BCUT2D eigenvalue weighted by molar-refractivity contribution is 0.0949. The Kier molecular flexibility index (Phi) is 4.02. The van der Waals surface area contributed by atoms with E-state index in [-0.39, 0.29) is 17.2 Å². The van der Waals surface area contributed by atoms with E-state index in [0.29, 0.717) is 18.8 Å². The summed E-state index contributed by atoms with van der Waals surface area (Å²) < 4.78 is 6.81. The van der Waals surface area contributed by atoms with Crippen LogP contribution in [-0.2, 0) is 6.54 Å². The number of carbonyl (C=O) groups is 1. The molecule has 1 amide bonds. The van der Waals surface area contributed by atoms with Gasteiger partial charge < -0.3 is 19.7 Å². The minimum Gasteiger partial charge on any atom is -0.507 e. The summed E-state index contributed by atoms with van der Waals surface area (Å²) in [5.74, 6) is 0.0900. The smallest absolute Gasteiger partial charge is 0.255 e. The molecule has 0 saturated heterocycles. The van der Waals surface area contributed by atoms with Crippen molar-refractivity contribution in [2.45, 2.75) is 6.54 Å². The Morgan fingerprint density at radius 1 is 1.53 bits per heavy atom. The standard InChI is InChI=1S/C13H15N3O3/c1-19-10-2-3-11(12(17)8-10)13(18)15-5-7-16-6-4-14-9-16/h2-4,6,8-9,17H,5,7H2,1H3,(H,15,18). The zero-order chi connectivity index (χ0) is 13.7. The summed E-state index contributed by atoms with van der Waals surface area (Å²) in [7, 11) is 1.50. The molecular formula is C13H15N3O3. The molecule has 1 aromatic heterocycles. The number of hydrogen-bond acceptors (Lipinski definition) is 4. The molecule has 0 saturated carbocycles. The van der Waals surface area contributed by atoms with E-state index in [1.165, 1.54) is 19.2 Å². The number of methoxy groups -OCH3 is 1. The number of hydrogen-bond donors (Lipinski definition) is 2. The van der Waals surface area contributed by atoms with E-state index in [1.807, 2.05) is 10.8 Å². The summed E-state index contributed by atoms with van der Waals surface area (Å²) in [5.41, 5.74) is 0.228. The molecule has 0 atom stereocenters. The van der Waals surface area contributed by atoms with Gasteiger partial charge >= 0.3 is 0 Å². The van der Waals surface area contributed by atoms with Crippen molar-refractivity contribution in [2.24, 2.45) is 0 Å². The summed E-state index contributed by atoms with van der Waals surface area (Å²) >= 11 is 0. The van der Waals surface area contributed by atoms with E-state index in [2.05, 4.69) is 10.3 Å². The molecular weight excluding hydrogens is 246 g/mol. The number of rotatable bonds is 5. The molecule has 0 fully saturated rings. The molecule has 0 aliphatic heterocycles. The van der Waals surface area contributed by atoms with Crippen LogP contribution in [0.3, 0.4) is 0 Å². The fourth-order valence-electron chi connectivity index (χ4n) is 1.64. The highest BCUT2D eigenvalue weighted by Crippen LogP contribution is 2.23. The van der Waals surface area contributed by atoms with Gasteiger partial charge in [0, 0.05) is 31.5 Å². The first kappa shape index (κ1) is 12.9. The van der Waals surface area contributed by atoms with Crippen molar-refractivity contribution in [3.05, 3.63) is 42.5 Å². The van der Waals surface area contributed by atoms with E-state index >= 15 is 0 Å². The monoisotopic (exact) mass is 261 g/mol. The van der Waals surface area contributed by atoms with Gasteiger partial charge in [0.2, 0.25) is 0 Å². The highest BCUT2D eigenvalue weighted by molar-refractivity contribution is 5.96. The van der Waals surface area contributed by atoms with Crippen LogP contribution in [0.5, 0.6) is 11.5 Å². The second-order valence-electron chi connectivity index (χ2n) is 3.94. The number of benzene rings is 1. The van der Waals surface area contributed by atoms with E-state index < -0.39 is 0 Å². The predicted octanol–water partition coefficient (Wildman–Crippen LogP) is 1.03. The molecule has 0 spiro atoms. The van der Waals surface area contributed by atoms with Gasteiger partial charge in [0.1, 0.15) is 11.5 Å². The van der Waals surface area contributed by atoms with E-state index in [9.17, 15) is 9.90 Å². The Hall–Kier alpha value is -2.50. The molecule has 2 aromatic rings. The summed E-state index contributed by atoms with van der Waals surface area (Å²) in [6, 6.07) is 4.57. The van der Waals surface area contributed by atoms with E-state index in [4.69, 9.17) is 4.74 Å². The van der Waals surface area contributed by atoms with Crippen LogP contribution >= 0.6 is 0 Å². The van der Waals surface area contributed by atoms with Gasteiger partial charge in [-0.1, -0.05) is 0 Å². The van der Waals surface area contributed by atoms with Crippen LogP contribution in [0, 0.1) is 0 Å². The Balaban J connectivity index is 1.92. The largest absolute Gasteiger partial charge is 0.507 e. The Bertz CT molecular complexity index is 552. The zero-order valence-electron chi connectivity index (χ0n) is 10.5. The maximum absolute atomic E-state index is 11.9. The lowest BCUT2D eigenvalue weighted by Gasteiger charge is -2.08. The molecule has 19 heavy (non-hydrogen) atoms. The van der Waals surface area contributed by atoms with Gasteiger partial charge in [-0.05, 0) is 12.1 Å². The Labute approximate surface area is 110 Å². The molecule has 1 heterocycles. The predicted molar refractivity (Wildman–Crippen MR) is 69.2 cm³/mol. The fraction of sp³-hybridized carbons (Fsp3) is 0.231. The lowest BCUT2D eigenvalue weighted by Crippen LogP contribution is -2.27. The fourth-order valence-corrected chi connectivity index (χ4v) is 1.64. The van der Waals surface area contributed by atoms with Crippen molar-refractivity contribution >= 4 is 5.91 Å². The highest BCUT2D eigenvalue weighted by Gasteiger charge is 2.11. The number of amides is 1. The van der Waals surface area contributed by atoms with E-state index in [0.717, 1.165) is 0 Å². The number of ether oxygens (including phenoxy) is 1. The van der Waals surface area contributed by atoms with Gasteiger partial charge in [-0.25, -0.2) is 4.98 Å². The van der Waals surface area contributed by atoms with Gasteiger partial charge in [-0.3, -0.25) is 4.79 Å². The minimum absolute atomic E-state index is 0.0977. The summed E-state index contributed by atoms with van der Waals surface area (Å²) in [5, 5.41) is 12.4. The van der Waals surface area contributed by atoms with Gasteiger partial charge in [0.15, 0.2) is 0 Å². The van der Waals surface area contributed by atoms with Gasteiger partial charge in [-0.2, -0.15) is 0 Å². The van der Waals surface area contributed by atoms with Crippen molar-refractivity contribution in [3.8, 4) is 11.5 Å². The molecule has 0 radical (unpaired) electrons. The SMILES string of the molecule is COc1ccc(C(=O)NCCn2ccnc2)c(O)c1. The van der Waals surface area contributed by atoms with Gasteiger partial charge in [0.05, 0.1) is 19.0 Å². The molecule has 2 N–H and O–H groups in total. The third kappa shape index (κ3) is 3.25. The van der Waals surface area contributed by atoms with Crippen molar-refractivity contribution in [1.82, 2.24) is 14.9 Å². The van der Waals surface area contributed by atoms with Crippen LogP contribution in [0.4, 0.5) is 0 Å². The maximum atomic E-state index is 11.9. The van der Waals surface area contributed by atoms with Crippen molar-refractivity contribution in [1.29, 1.82) is 0 Å². The van der Waals surface area contributed by atoms with Crippen molar-refractivity contribution < 1.29 is 14.6 Å². The molecule has 1 aromatic carbocycles. The van der Waals surface area contributed by atoms with Crippen LogP contribution in [0.15, 0.2) is 36.9 Å². The number of phenolic OH excluding ortho intramolecular Hbond substituents is 1. The third-order valence-electron chi connectivity index (χ3n) is 2.66. The molecule has 0 aliphatic rings. The van der Waals surface area contributed by atoms with Gasteiger partial charge in [0.25, 0.3) is 5.91 Å². The number of aromatic nitrogens is 2. The number of carbonyl (C=O) groups excluding carboxylic acids is 1. The highest BCUT2D eigenvalue weighted by atomic mass is 16.5. The molecule has 100 valence electrons. The molecule has 6 nitrogen and oxygen atoms in total. The van der Waals surface area contributed by atoms with Crippen LogP contribution in [-0.4, -0.2) is 34.2 Å². The summed E-state index contributed by atoms with van der Waals surface area (Å²) in [4.78, 5) is 15.8. The van der Waals surface area contributed by atoms with E-state index in [1.54, 1.807) is 18.6 Å². The number of imidazole rings is 1.